The number of alkyl halides is 3. The lowest BCUT2D eigenvalue weighted by Gasteiger charge is -2.18. The highest BCUT2D eigenvalue weighted by atomic mass is 19.4. The smallest absolute Gasteiger partial charge is 0.388 e. The van der Waals surface area contributed by atoms with Crippen LogP contribution >= 0.6 is 0 Å². The summed E-state index contributed by atoms with van der Waals surface area (Å²) in [6.07, 6.45) is -8.42. The van der Waals surface area contributed by atoms with Crippen molar-refractivity contribution in [1.29, 1.82) is 0 Å². The first kappa shape index (κ1) is 13.8. The van der Waals surface area contributed by atoms with Crippen molar-refractivity contribution >= 4 is 10.8 Å². The molecule has 2 aromatic rings. The molecule has 19 heavy (non-hydrogen) atoms. The zero-order valence-corrected chi connectivity index (χ0v) is 9.80. The van der Waals surface area contributed by atoms with Gasteiger partial charge in [-0.3, -0.25) is 0 Å². The minimum atomic E-state index is -4.77. The Morgan fingerprint density at radius 2 is 1.58 bits per heavy atom. The number of rotatable bonds is 3. The molecule has 0 saturated carbocycles. The predicted octanol–water partition coefficient (Wildman–Crippen LogP) is 3.00. The molecule has 0 fully saturated rings. The number of fused-ring (bicyclic) bond motifs is 1. The van der Waals surface area contributed by atoms with E-state index in [2.05, 4.69) is 0 Å². The summed E-state index contributed by atoms with van der Waals surface area (Å²) in [7, 11) is 0. The van der Waals surface area contributed by atoms with Crippen LogP contribution in [0.1, 0.15) is 11.7 Å². The molecular weight excluding hydrogens is 257 g/mol. The van der Waals surface area contributed by atoms with Crippen molar-refractivity contribution in [3.63, 3.8) is 0 Å². The summed E-state index contributed by atoms with van der Waals surface area (Å²) in [6, 6.07) is 12.1. The molecule has 5 heteroatoms. The molecule has 2 aromatic carbocycles. The highest BCUT2D eigenvalue weighted by Gasteiger charge is 2.39. The van der Waals surface area contributed by atoms with Gasteiger partial charge in [0.1, 0.15) is 0 Å². The van der Waals surface area contributed by atoms with Crippen LogP contribution in [0, 0.1) is 6.42 Å². The minimum Gasteiger partial charge on any atom is -0.388 e. The van der Waals surface area contributed by atoms with E-state index in [1.807, 2.05) is 12.1 Å². The van der Waals surface area contributed by atoms with Crippen LogP contribution < -0.4 is 0 Å². The molecule has 2 unspecified atom stereocenters. The Morgan fingerprint density at radius 1 is 0.947 bits per heavy atom. The van der Waals surface area contributed by atoms with E-state index in [0.717, 1.165) is 10.8 Å². The maximum Gasteiger partial charge on any atom is 0.414 e. The van der Waals surface area contributed by atoms with Gasteiger partial charge in [-0.15, -0.1) is 0 Å². The van der Waals surface area contributed by atoms with Crippen molar-refractivity contribution in [1.82, 2.24) is 0 Å². The number of hydrogen-bond acceptors (Lipinski definition) is 2. The molecule has 2 rings (SSSR count). The molecule has 0 bridgehead atoms. The number of hydrogen-bond donors (Lipinski definition) is 2. The number of halogens is 3. The van der Waals surface area contributed by atoms with E-state index in [1.54, 1.807) is 24.3 Å². The van der Waals surface area contributed by atoms with Crippen LogP contribution in [0.15, 0.2) is 42.5 Å². The third kappa shape index (κ3) is 3.24. The molecule has 2 nitrogen and oxygen atoms in total. The molecule has 0 heterocycles. The Hall–Kier alpha value is -1.59. The van der Waals surface area contributed by atoms with E-state index in [1.165, 1.54) is 6.07 Å². The zero-order chi connectivity index (χ0) is 14.0. The average molecular weight is 269 g/mol. The average Bonchev–Trinajstić information content (AvgIpc) is 2.37. The molecule has 0 saturated heterocycles. The van der Waals surface area contributed by atoms with E-state index >= 15 is 0 Å². The van der Waals surface area contributed by atoms with Gasteiger partial charge in [0, 0.05) is 6.42 Å². The maximum absolute atomic E-state index is 12.2. The second-order valence-electron chi connectivity index (χ2n) is 4.23. The van der Waals surface area contributed by atoms with Crippen LogP contribution in [0.4, 0.5) is 13.2 Å². The van der Waals surface area contributed by atoms with Gasteiger partial charge in [0.2, 0.25) is 0 Å². The largest absolute Gasteiger partial charge is 0.414 e. The molecule has 2 N–H and O–H groups in total. The summed E-state index contributed by atoms with van der Waals surface area (Å²) in [5, 5.41) is 20.3. The molecule has 1 radical (unpaired) electrons. The molecular formula is C14H12F3O2. The van der Waals surface area contributed by atoms with Crippen LogP contribution in [-0.4, -0.2) is 22.5 Å². The second kappa shape index (κ2) is 5.19. The molecule has 0 aliphatic heterocycles. The number of benzene rings is 2. The molecule has 0 aliphatic rings. The lowest BCUT2D eigenvalue weighted by atomic mass is 10.00. The Kier molecular flexibility index (Phi) is 3.78. The van der Waals surface area contributed by atoms with E-state index in [4.69, 9.17) is 5.11 Å². The van der Waals surface area contributed by atoms with Crippen molar-refractivity contribution in [2.75, 3.05) is 0 Å². The van der Waals surface area contributed by atoms with E-state index in [0.29, 0.717) is 12.0 Å². The Balaban J connectivity index is 2.19. The third-order valence-corrected chi connectivity index (χ3v) is 2.81. The standard InChI is InChI=1S/C14H12F3O2/c15-14(16,17)13(19)8-12(18)11-6-5-9-3-1-2-4-10(9)7-11/h1-8,12-13,18-19H. The van der Waals surface area contributed by atoms with E-state index < -0.39 is 18.4 Å². The van der Waals surface area contributed by atoms with Crippen molar-refractivity contribution in [3.8, 4) is 0 Å². The summed E-state index contributed by atoms with van der Waals surface area (Å²) in [6.45, 7) is 0. The Morgan fingerprint density at radius 3 is 2.21 bits per heavy atom. The minimum absolute atomic E-state index is 0.307. The van der Waals surface area contributed by atoms with Gasteiger partial charge in [-0.1, -0.05) is 36.4 Å². The molecule has 0 spiro atoms. The Labute approximate surface area is 108 Å². The lowest BCUT2D eigenvalue weighted by molar-refractivity contribution is -0.196. The number of aliphatic hydroxyl groups excluding tert-OH is 2. The first-order valence-corrected chi connectivity index (χ1v) is 5.64. The fourth-order valence-corrected chi connectivity index (χ4v) is 1.78. The van der Waals surface area contributed by atoms with Crippen molar-refractivity contribution in [2.45, 2.75) is 18.4 Å². The SMILES string of the molecule is OC([CH]C(O)C(F)(F)F)c1ccc2ccccc2c1. The van der Waals surface area contributed by atoms with E-state index in [-0.39, 0.29) is 0 Å². The number of aliphatic hydroxyl groups is 2. The van der Waals surface area contributed by atoms with Gasteiger partial charge in [-0.2, -0.15) is 13.2 Å². The lowest BCUT2D eigenvalue weighted by Crippen LogP contribution is -2.30. The van der Waals surface area contributed by atoms with Crippen molar-refractivity contribution in [3.05, 3.63) is 54.4 Å². The quantitative estimate of drug-likeness (QED) is 0.899. The Bertz CT molecular complexity index is 566. The molecule has 0 aliphatic carbocycles. The van der Waals surface area contributed by atoms with Crippen molar-refractivity contribution < 1.29 is 23.4 Å². The highest BCUT2D eigenvalue weighted by molar-refractivity contribution is 5.83. The normalized spacial score (nSPS) is 15.4. The predicted molar refractivity (Wildman–Crippen MR) is 65.3 cm³/mol. The topological polar surface area (TPSA) is 40.5 Å². The van der Waals surface area contributed by atoms with Crippen molar-refractivity contribution in [2.24, 2.45) is 0 Å². The van der Waals surface area contributed by atoms with E-state index in [9.17, 15) is 18.3 Å². The third-order valence-electron chi connectivity index (χ3n) is 2.81. The molecule has 0 amide bonds. The van der Waals surface area contributed by atoms with Crippen LogP contribution in [0.5, 0.6) is 0 Å². The fraction of sp³-hybridized carbons (Fsp3) is 0.214. The van der Waals surface area contributed by atoms with Gasteiger partial charge in [-0.05, 0) is 22.4 Å². The summed E-state index contributed by atoms with van der Waals surface area (Å²) < 4.78 is 36.6. The molecule has 101 valence electrons. The van der Waals surface area contributed by atoms with Crippen LogP contribution in [0.25, 0.3) is 10.8 Å². The summed E-state index contributed by atoms with van der Waals surface area (Å²) in [5.74, 6) is 0. The highest BCUT2D eigenvalue weighted by Crippen LogP contribution is 2.28. The maximum atomic E-state index is 12.2. The fourth-order valence-electron chi connectivity index (χ4n) is 1.78. The van der Waals surface area contributed by atoms with Crippen LogP contribution in [-0.2, 0) is 0 Å². The van der Waals surface area contributed by atoms with Gasteiger partial charge < -0.3 is 10.2 Å². The van der Waals surface area contributed by atoms with Gasteiger partial charge in [0.25, 0.3) is 0 Å². The van der Waals surface area contributed by atoms with Gasteiger partial charge >= 0.3 is 6.18 Å². The molecule has 0 aromatic heterocycles. The zero-order valence-electron chi connectivity index (χ0n) is 9.80. The van der Waals surface area contributed by atoms with Gasteiger partial charge in [-0.25, -0.2) is 0 Å². The first-order chi connectivity index (χ1) is 8.88. The second-order valence-corrected chi connectivity index (χ2v) is 4.23. The first-order valence-electron chi connectivity index (χ1n) is 5.64. The van der Waals surface area contributed by atoms with Crippen LogP contribution in [0.3, 0.4) is 0 Å². The summed E-state index contributed by atoms with van der Waals surface area (Å²) >= 11 is 0. The summed E-state index contributed by atoms with van der Waals surface area (Å²) in [4.78, 5) is 0. The molecule has 2 atom stereocenters. The van der Waals surface area contributed by atoms with Crippen LogP contribution in [0.2, 0.25) is 0 Å². The van der Waals surface area contributed by atoms with Gasteiger partial charge in [0.05, 0.1) is 6.10 Å². The monoisotopic (exact) mass is 269 g/mol. The van der Waals surface area contributed by atoms with Gasteiger partial charge in [0.15, 0.2) is 6.10 Å². The summed E-state index contributed by atoms with van der Waals surface area (Å²) in [5.41, 5.74) is 0.307.